The largest absolute Gasteiger partial charge is 0.326 e. The maximum absolute atomic E-state index is 12.8. The van der Waals surface area contributed by atoms with Crippen LogP contribution >= 0.6 is 0 Å². The fourth-order valence-electron chi connectivity index (χ4n) is 3.79. The first-order chi connectivity index (χ1) is 15.1. The SMILES string of the molecule is Cc1nnc2ccc(-c3cccc(NC(=O)C4CC(=O)N(c5ccccc5)C4)c3)nn12. The summed E-state index contributed by atoms with van der Waals surface area (Å²) in [6.07, 6.45) is 0.200. The molecule has 0 bridgehead atoms. The molecule has 8 nitrogen and oxygen atoms in total. The smallest absolute Gasteiger partial charge is 0.229 e. The topological polar surface area (TPSA) is 92.5 Å². The molecule has 2 aromatic carbocycles. The highest BCUT2D eigenvalue weighted by Crippen LogP contribution is 2.27. The van der Waals surface area contributed by atoms with Gasteiger partial charge in [0.1, 0.15) is 0 Å². The third-order valence-corrected chi connectivity index (χ3v) is 5.41. The van der Waals surface area contributed by atoms with E-state index in [1.807, 2.05) is 73.7 Å². The minimum absolute atomic E-state index is 0.0399. The molecule has 5 rings (SSSR count). The molecule has 1 N–H and O–H groups in total. The van der Waals surface area contributed by atoms with Crippen molar-refractivity contribution in [3.8, 4) is 11.3 Å². The van der Waals surface area contributed by atoms with Gasteiger partial charge >= 0.3 is 0 Å². The van der Waals surface area contributed by atoms with Crippen molar-refractivity contribution in [2.45, 2.75) is 13.3 Å². The number of carbonyl (C=O) groups excluding carboxylic acids is 2. The van der Waals surface area contributed by atoms with Crippen molar-refractivity contribution >= 4 is 28.8 Å². The van der Waals surface area contributed by atoms with Crippen LogP contribution in [0.2, 0.25) is 0 Å². The molecule has 0 aliphatic carbocycles. The van der Waals surface area contributed by atoms with Crippen LogP contribution in [0.5, 0.6) is 0 Å². The number of fused-ring (bicyclic) bond motifs is 1. The van der Waals surface area contributed by atoms with Gasteiger partial charge in [0.05, 0.1) is 11.6 Å². The Balaban J connectivity index is 1.33. The maximum Gasteiger partial charge on any atom is 0.229 e. The number of anilines is 2. The predicted molar refractivity (Wildman–Crippen MR) is 116 cm³/mol. The highest BCUT2D eigenvalue weighted by molar-refractivity contribution is 6.03. The zero-order chi connectivity index (χ0) is 21.4. The number of rotatable bonds is 4. The Morgan fingerprint density at radius 3 is 2.71 bits per heavy atom. The Morgan fingerprint density at radius 2 is 1.87 bits per heavy atom. The Labute approximate surface area is 178 Å². The molecule has 1 fully saturated rings. The second kappa shape index (κ2) is 7.64. The number of benzene rings is 2. The summed E-state index contributed by atoms with van der Waals surface area (Å²) in [5.41, 5.74) is 3.77. The normalized spacial score (nSPS) is 16.1. The molecule has 1 aliphatic rings. The van der Waals surface area contributed by atoms with Crippen LogP contribution in [0.15, 0.2) is 66.7 Å². The van der Waals surface area contributed by atoms with Crippen molar-refractivity contribution in [2.75, 3.05) is 16.8 Å². The van der Waals surface area contributed by atoms with E-state index in [-0.39, 0.29) is 18.2 Å². The number of hydrogen-bond acceptors (Lipinski definition) is 5. The Morgan fingerprint density at radius 1 is 1.03 bits per heavy atom. The number of hydrogen-bond donors (Lipinski definition) is 1. The van der Waals surface area contributed by atoms with Crippen LogP contribution in [-0.2, 0) is 9.59 Å². The number of aryl methyl sites for hydroxylation is 1. The monoisotopic (exact) mass is 412 g/mol. The van der Waals surface area contributed by atoms with Crippen LogP contribution < -0.4 is 10.2 Å². The number of nitrogens with one attached hydrogen (secondary N) is 1. The highest BCUT2D eigenvalue weighted by atomic mass is 16.2. The van der Waals surface area contributed by atoms with Gasteiger partial charge in [-0.05, 0) is 43.3 Å². The molecular weight excluding hydrogens is 392 g/mol. The first-order valence-corrected chi connectivity index (χ1v) is 10.0. The van der Waals surface area contributed by atoms with E-state index in [4.69, 9.17) is 0 Å². The van der Waals surface area contributed by atoms with E-state index >= 15 is 0 Å². The van der Waals surface area contributed by atoms with Crippen molar-refractivity contribution in [1.82, 2.24) is 19.8 Å². The summed E-state index contributed by atoms with van der Waals surface area (Å²) in [5, 5.41) is 15.6. The lowest BCUT2D eigenvalue weighted by atomic mass is 10.1. The van der Waals surface area contributed by atoms with E-state index in [0.29, 0.717) is 23.7 Å². The first-order valence-electron chi connectivity index (χ1n) is 10.0. The van der Waals surface area contributed by atoms with E-state index in [2.05, 4.69) is 20.6 Å². The fraction of sp³-hybridized carbons (Fsp3) is 0.174. The average Bonchev–Trinajstić information content (AvgIpc) is 3.37. The molecule has 154 valence electrons. The summed E-state index contributed by atoms with van der Waals surface area (Å²) >= 11 is 0. The third kappa shape index (κ3) is 3.63. The molecule has 1 unspecified atom stereocenters. The average molecular weight is 412 g/mol. The Hall–Kier alpha value is -4.07. The third-order valence-electron chi connectivity index (χ3n) is 5.41. The van der Waals surface area contributed by atoms with Gasteiger partial charge in [-0.3, -0.25) is 9.59 Å². The van der Waals surface area contributed by atoms with E-state index in [1.54, 1.807) is 9.42 Å². The Bertz CT molecular complexity index is 1280. The molecule has 0 saturated carbocycles. The van der Waals surface area contributed by atoms with Crippen LogP contribution in [0.1, 0.15) is 12.2 Å². The van der Waals surface area contributed by atoms with Crippen molar-refractivity contribution in [3.63, 3.8) is 0 Å². The van der Waals surface area contributed by atoms with Crippen LogP contribution in [0.4, 0.5) is 11.4 Å². The van der Waals surface area contributed by atoms with Crippen molar-refractivity contribution in [1.29, 1.82) is 0 Å². The predicted octanol–water partition coefficient (Wildman–Crippen LogP) is 3.09. The summed E-state index contributed by atoms with van der Waals surface area (Å²) in [7, 11) is 0. The van der Waals surface area contributed by atoms with Gasteiger partial charge in [-0.25, -0.2) is 0 Å². The van der Waals surface area contributed by atoms with Gasteiger partial charge in [0.15, 0.2) is 11.5 Å². The minimum Gasteiger partial charge on any atom is -0.326 e. The molecule has 3 heterocycles. The number of carbonyl (C=O) groups is 2. The maximum atomic E-state index is 12.8. The van der Waals surface area contributed by atoms with Crippen molar-refractivity contribution in [2.24, 2.45) is 5.92 Å². The van der Waals surface area contributed by atoms with Crippen LogP contribution in [0.3, 0.4) is 0 Å². The van der Waals surface area contributed by atoms with Crippen molar-refractivity contribution in [3.05, 3.63) is 72.6 Å². The molecule has 31 heavy (non-hydrogen) atoms. The van der Waals surface area contributed by atoms with Gasteiger partial charge in [-0.1, -0.05) is 30.3 Å². The van der Waals surface area contributed by atoms with E-state index in [0.717, 1.165) is 16.9 Å². The molecule has 4 aromatic rings. The molecule has 2 amide bonds. The quantitative estimate of drug-likeness (QED) is 0.556. The highest BCUT2D eigenvalue weighted by Gasteiger charge is 2.35. The molecule has 1 saturated heterocycles. The van der Waals surface area contributed by atoms with Gasteiger partial charge in [0.2, 0.25) is 11.8 Å². The standard InChI is InChI=1S/C23H20N6O2/c1-15-25-26-21-11-10-20(27-29(15)21)16-6-5-7-18(12-16)24-23(31)17-13-22(30)28(14-17)19-8-3-2-4-9-19/h2-12,17H,13-14H2,1H3,(H,24,31). The van der Waals surface area contributed by atoms with E-state index in [1.165, 1.54) is 0 Å². The second-order valence-electron chi connectivity index (χ2n) is 7.55. The van der Waals surface area contributed by atoms with Gasteiger partial charge in [-0.2, -0.15) is 9.61 Å². The number of para-hydroxylation sites is 1. The first kappa shape index (κ1) is 18.9. The van der Waals surface area contributed by atoms with Crippen molar-refractivity contribution < 1.29 is 9.59 Å². The number of aromatic nitrogens is 4. The minimum atomic E-state index is -0.398. The lowest BCUT2D eigenvalue weighted by Crippen LogP contribution is -2.28. The molecule has 0 spiro atoms. The summed E-state index contributed by atoms with van der Waals surface area (Å²) < 4.78 is 1.68. The lowest BCUT2D eigenvalue weighted by Gasteiger charge is -2.16. The van der Waals surface area contributed by atoms with Crippen LogP contribution in [0, 0.1) is 12.8 Å². The molecule has 0 radical (unpaired) electrons. The number of nitrogens with zero attached hydrogens (tertiary/aromatic N) is 5. The zero-order valence-corrected chi connectivity index (χ0v) is 16.9. The lowest BCUT2D eigenvalue weighted by molar-refractivity contribution is -0.122. The fourth-order valence-corrected chi connectivity index (χ4v) is 3.79. The van der Waals surface area contributed by atoms with Gasteiger partial charge in [-0.15, -0.1) is 10.2 Å². The van der Waals surface area contributed by atoms with E-state index < -0.39 is 5.92 Å². The molecule has 1 aliphatic heterocycles. The van der Waals surface area contributed by atoms with Crippen LogP contribution in [0.25, 0.3) is 16.9 Å². The summed E-state index contributed by atoms with van der Waals surface area (Å²) in [6.45, 7) is 2.22. The number of amides is 2. The molecule has 2 aromatic heterocycles. The molecular formula is C23H20N6O2. The zero-order valence-electron chi connectivity index (χ0n) is 16.9. The summed E-state index contributed by atoms with van der Waals surface area (Å²) in [5.74, 6) is 0.101. The second-order valence-corrected chi connectivity index (χ2v) is 7.55. The van der Waals surface area contributed by atoms with Gasteiger partial charge in [0.25, 0.3) is 0 Å². The van der Waals surface area contributed by atoms with Gasteiger partial charge < -0.3 is 10.2 Å². The summed E-state index contributed by atoms with van der Waals surface area (Å²) in [4.78, 5) is 26.9. The molecule has 1 atom stereocenters. The summed E-state index contributed by atoms with van der Waals surface area (Å²) in [6, 6.07) is 20.7. The van der Waals surface area contributed by atoms with E-state index in [9.17, 15) is 9.59 Å². The van der Waals surface area contributed by atoms with Gasteiger partial charge in [0, 0.05) is 29.9 Å². The van der Waals surface area contributed by atoms with Crippen LogP contribution in [-0.4, -0.2) is 38.2 Å². The Kier molecular flexibility index (Phi) is 4.66. The molecule has 8 heteroatoms.